The van der Waals surface area contributed by atoms with Gasteiger partial charge in [0.05, 0.1) is 11.8 Å². The van der Waals surface area contributed by atoms with Gasteiger partial charge in [0.25, 0.3) is 5.91 Å². The predicted octanol–water partition coefficient (Wildman–Crippen LogP) is 2.54. The molecule has 2 saturated heterocycles. The fourth-order valence-corrected chi connectivity index (χ4v) is 4.46. The number of carbonyl (C=O) groups excluding carboxylic acids is 1. The predicted molar refractivity (Wildman–Crippen MR) is 89.9 cm³/mol. The Morgan fingerprint density at radius 2 is 2.29 bits per heavy atom. The molecule has 126 valence electrons. The maximum atomic E-state index is 12.6. The first-order valence-electron chi connectivity index (χ1n) is 8.26. The molecular weight excluding hydrogens is 324 g/mol. The van der Waals surface area contributed by atoms with E-state index in [0.717, 1.165) is 30.1 Å². The summed E-state index contributed by atoms with van der Waals surface area (Å²) in [6.07, 6.45) is 5.16. The van der Waals surface area contributed by atoms with E-state index in [1.54, 1.807) is 23.6 Å². The Bertz CT molecular complexity index is 729. The lowest BCUT2D eigenvalue weighted by Gasteiger charge is -2.33. The van der Waals surface area contributed by atoms with Crippen LogP contribution in [0.15, 0.2) is 18.6 Å². The summed E-state index contributed by atoms with van der Waals surface area (Å²) < 4.78 is 6.26. The number of fused-ring (bicyclic) bond motifs is 1. The number of piperidine rings is 1. The van der Waals surface area contributed by atoms with Crippen LogP contribution >= 0.6 is 11.3 Å². The van der Waals surface area contributed by atoms with Crippen molar-refractivity contribution < 1.29 is 9.53 Å². The largest absolute Gasteiger partial charge is 0.366 e. The summed E-state index contributed by atoms with van der Waals surface area (Å²) >= 11 is 1.73. The molecule has 2 fully saturated rings. The van der Waals surface area contributed by atoms with Crippen LogP contribution in [0.2, 0.25) is 0 Å². The number of hydrogen-bond acceptors (Lipinski definition) is 6. The van der Waals surface area contributed by atoms with Gasteiger partial charge in [0.15, 0.2) is 0 Å². The van der Waals surface area contributed by atoms with Crippen LogP contribution in [0.25, 0.3) is 0 Å². The van der Waals surface area contributed by atoms with E-state index < -0.39 is 0 Å². The third-order valence-electron chi connectivity index (χ3n) is 4.96. The maximum Gasteiger partial charge on any atom is 0.272 e. The van der Waals surface area contributed by atoms with Gasteiger partial charge in [-0.25, -0.2) is 15.0 Å². The number of likely N-dealkylation sites (tertiary alicyclic amines) is 1. The van der Waals surface area contributed by atoms with Gasteiger partial charge < -0.3 is 9.64 Å². The molecule has 0 unspecified atom stereocenters. The first-order valence-corrected chi connectivity index (χ1v) is 9.08. The molecule has 1 amide bonds. The molecule has 0 aromatic carbocycles. The van der Waals surface area contributed by atoms with Crippen LogP contribution in [-0.4, -0.2) is 45.0 Å². The molecule has 0 saturated carbocycles. The zero-order valence-electron chi connectivity index (χ0n) is 13.8. The molecular formula is C17H20N4O2S. The standard InChI is InChI=1S/C17H20N4O2S/c1-10-11(2)24-16(20-10)14-7-12-4-6-21(8-15(12)23-14)17(22)13-3-5-18-9-19-13/h3,5,9,12,14-15H,4,6-8H2,1-2H3/t12-,14+,15+/m1/s1. The highest BCUT2D eigenvalue weighted by Gasteiger charge is 2.42. The van der Waals surface area contributed by atoms with Crippen LogP contribution in [0.5, 0.6) is 0 Å². The molecule has 0 aliphatic carbocycles. The number of hydrogen-bond donors (Lipinski definition) is 0. The molecule has 0 bridgehead atoms. The number of amides is 1. The Morgan fingerprint density at radius 3 is 3.00 bits per heavy atom. The van der Waals surface area contributed by atoms with Crippen LogP contribution < -0.4 is 0 Å². The second kappa shape index (κ2) is 6.22. The zero-order chi connectivity index (χ0) is 16.7. The van der Waals surface area contributed by atoms with Crippen molar-refractivity contribution in [2.24, 2.45) is 5.92 Å². The normalized spacial score (nSPS) is 26.4. The third-order valence-corrected chi connectivity index (χ3v) is 6.13. The molecule has 0 N–H and O–H groups in total. The number of carbonyl (C=O) groups is 1. The number of ether oxygens (including phenoxy) is 1. The van der Waals surface area contributed by atoms with Crippen LogP contribution in [0, 0.1) is 19.8 Å². The molecule has 0 radical (unpaired) electrons. The van der Waals surface area contributed by atoms with Gasteiger partial charge in [0.2, 0.25) is 0 Å². The van der Waals surface area contributed by atoms with Gasteiger partial charge in [0.1, 0.15) is 23.1 Å². The SMILES string of the molecule is Cc1nc([C@@H]2C[C@H]3CCN(C(=O)c4ccncn4)C[C@@H]3O2)sc1C. The van der Waals surface area contributed by atoms with Gasteiger partial charge in [-0.3, -0.25) is 4.79 Å². The van der Waals surface area contributed by atoms with Gasteiger partial charge in [-0.1, -0.05) is 0 Å². The molecule has 6 nitrogen and oxygen atoms in total. The Kier molecular flexibility index (Phi) is 4.05. The Labute approximate surface area is 144 Å². The van der Waals surface area contributed by atoms with E-state index in [-0.39, 0.29) is 18.1 Å². The van der Waals surface area contributed by atoms with Gasteiger partial charge in [-0.05, 0) is 38.7 Å². The van der Waals surface area contributed by atoms with E-state index in [4.69, 9.17) is 4.74 Å². The van der Waals surface area contributed by atoms with Gasteiger partial charge in [-0.2, -0.15) is 0 Å². The zero-order valence-corrected chi connectivity index (χ0v) is 14.6. The van der Waals surface area contributed by atoms with E-state index in [9.17, 15) is 4.79 Å². The molecule has 2 aromatic heterocycles. The summed E-state index contributed by atoms with van der Waals surface area (Å²) in [5.74, 6) is 0.470. The van der Waals surface area contributed by atoms with E-state index >= 15 is 0 Å². The van der Waals surface area contributed by atoms with Crippen LogP contribution in [-0.2, 0) is 4.74 Å². The second-order valence-electron chi connectivity index (χ2n) is 6.49. The van der Waals surface area contributed by atoms with Crippen molar-refractivity contribution >= 4 is 17.2 Å². The monoisotopic (exact) mass is 344 g/mol. The summed E-state index contributed by atoms with van der Waals surface area (Å²) in [6, 6.07) is 1.66. The van der Waals surface area contributed by atoms with Crippen molar-refractivity contribution in [2.45, 2.75) is 38.9 Å². The number of nitrogens with zero attached hydrogens (tertiary/aromatic N) is 4. The number of aromatic nitrogens is 3. The molecule has 2 aromatic rings. The van der Waals surface area contributed by atoms with Crippen LogP contribution in [0.1, 0.15) is 45.0 Å². The quantitative estimate of drug-likeness (QED) is 0.837. The van der Waals surface area contributed by atoms with E-state index in [2.05, 4.69) is 21.9 Å². The van der Waals surface area contributed by atoms with E-state index in [0.29, 0.717) is 18.2 Å². The lowest BCUT2D eigenvalue weighted by molar-refractivity contribution is -0.00467. The summed E-state index contributed by atoms with van der Waals surface area (Å²) in [6.45, 7) is 5.53. The van der Waals surface area contributed by atoms with Crippen molar-refractivity contribution in [1.82, 2.24) is 19.9 Å². The van der Waals surface area contributed by atoms with Gasteiger partial charge in [0, 0.05) is 24.2 Å². The second-order valence-corrected chi connectivity index (χ2v) is 7.72. The van der Waals surface area contributed by atoms with Crippen molar-refractivity contribution in [1.29, 1.82) is 0 Å². The fraction of sp³-hybridized carbons (Fsp3) is 0.529. The summed E-state index contributed by atoms with van der Waals surface area (Å²) in [4.78, 5) is 28.2. The molecule has 7 heteroatoms. The van der Waals surface area contributed by atoms with Crippen LogP contribution in [0.4, 0.5) is 0 Å². The minimum atomic E-state index is -0.0381. The highest BCUT2D eigenvalue weighted by atomic mass is 32.1. The van der Waals surface area contributed by atoms with Gasteiger partial charge in [-0.15, -0.1) is 11.3 Å². The highest BCUT2D eigenvalue weighted by molar-refractivity contribution is 7.11. The third kappa shape index (κ3) is 2.82. The molecule has 4 rings (SSSR count). The van der Waals surface area contributed by atoms with Crippen molar-refractivity contribution in [3.8, 4) is 0 Å². The molecule has 2 aliphatic heterocycles. The van der Waals surface area contributed by atoms with Gasteiger partial charge >= 0.3 is 0 Å². The van der Waals surface area contributed by atoms with E-state index in [1.165, 1.54) is 11.2 Å². The van der Waals surface area contributed by atoms with Crippen molar-refractivity contribution in [3.05, 3.63) is 39.9 Å². The first kappa shape index (κ1) is 15.7. The summed E-state index contributed by atoms with van der Waals surface area (Å²) in [5, 5.41) is 1.08. The smallest absolute Gasteiger partial charge is 0.272 e. The van der Waals surface area contributed by atoms with E-state index in [1.807, 2.05) is 11.8 Å². The highest BCUT2D eigenvalue weighted by Crippen LogP contribution is 2.42. The van der Waals surface area contributed by atoms with Crippen LogP contribution in [0.3, 0.4) is 0 Å². The molecule has 0 spiro atoms. The lowest BCUT2D eigenvalue weighted by atomic mass is 9.91. The fourth-order valence-electron chi connectivity index (χ4n) is 3.49. The van der Waals surface area contributed by atoms with Crippen molar-refractivity contribution in [2.75, 3.05) is 13.1 Å². The number of rotatable bonds is 2. The maximum absolute atomic E-state index is 12.6. The lowest BCUT2D eigenvalue weighted by Crippen LogP contribution is -2.45. The Balaban J connectivity index is 1.45. The average Bonchev–Trinajstić information content (AvgIpc) is 3.18. The first-order chi connectivity index (χ1) is 11.6. The molecule has 3 atom stereocenters. The average molecular weight is 344 g/mol. The minimum Gasteiger partial charge on any atom is -0.366 e. The topological polar surface area (TPSA) is 68.2 Å². The minimum absolute atomic E-state index is 0.0381. The molecule has 4 heterocycles. The Hall–Kier alpha value is -1.86. The Morgan fingerprint density at radius 1 is 1.42 bits per heavy atom. The number of thiazole rings is 1. The molecule has 24 heavy (non-hydrogen) atoms. The summed E-state index contributed by atoms with van der Waals surface area (Å²) in [7, 11) is 0. The van der Waals surface area contributed by atoms with Crippen molar-refractivity contribution in [3.63, 3.8) is 0 Å². The number of aryl methyl sites for hydroxylation is 2. The summed E-state index contributed by atoms with van der Waals surface area (Å²) in [5.41, 5.74) is 1.54. The molecule has 2 aliphatic rings.